The molecule has 0 aromatic heterocycles. The minimum absolute atomic E-state index is 0.0389. The predicted molar refractivity (Wildman–Crippen MR) is 95.6 cm³/mol. The van der Waals surface area contributed by atoms with E-state index in [9.17, 15) is 19.5 Å². The lowest BCUT2D eigenvalue weighted by molar-refractivity contribution is -0.215. The van der Waals surface area contributed by atoms with Gasteiger partial charge in [0, 0.05) is 18.8 Å². The van der Waals surface area contributed by atoms with E-state index in [1.165, 1.54) is 0 Å². The molecule has 5 fully saturated rings. The number of fused-ring (bicyclic) bond motifs is 5. The van der Waals surface area contributed by atoms with E-state index in [1.54, 1.807) is 13.8 Å². The first-order valence-electron chi connectivity index (χ1n) is 9.54. The van der Waals surface area contributed by atoms with Gasteiger partial charge in [-0.2, -0.15) is 0 Å². The van der Waals surface area contributed by atoms with Crippen LogP contribution in [0.15, 0.2) is 0 Å². The fraction of sp³-hybridized carbons (Fsp3) is 0.842. The van der Waals surface area contributed by atoms with Crippen molar-refractivity contribution in [2.24, 2.45) is 16.7 Å². The maximum atomic E-state index is 13.4. The molecule has 5 aliphatic heterocycles. The zero-order valence-electron chi connectivity index (χ0n) is 16.1. The smallest absolute Gasteiger partial charge is 0.319 e. The molecule has 0 aromatic carbocycles. The molecule has 9 atom stereocenters. The van der Waals surface area contributed by atoms with Crippen LogP contribution in [0.2, 0.25) is 0 Å². The predicted octanol–water partition coefficient (Wildman–Crippen LogP) is 1.42. The third-order valence-corrected chi connectivity index (χ3v) is 9.17. The van der Waals surface area contributed by atoms with Crippen molar-refractivity contribution in [2.75, 3.05) is 5.33 Å². The summed E-state index contributed by atoms with van der Waals surface area (Å²) in [5.41, 5.74) is -6.39. The number of esters is 2. The van der Waals surface area contributed by atoms with E-state index in [4.69, 9.17) is 18.9 Å². The largest absolute Gasteiger partial charge is 0.481 e. The maximum absolute atomic E-state index is 13.4. The normalized spacial score (nSPS) is 57.8. The van der Waals surface area contributed by atoms with E-state index in [0.717, 1.165) is 0 Å². The summed E-state index contributed by atoms with van der Waals surface area (Å²) in [6.07, 6.45) is -1.54. The number of carboxylic acids is 1. The van der Waals surface area contributed by atoms with E-state index in [1.807, 2.05) is 13.8 Å². The Hall–Kier alpha value is -1.19. The molecule has 154 valence electrons. The summed E-state index contributed by atoms with van der Waals surface area (Å²) in [4.78, 5) is 38.4. The van der Waals surface area contributed by atoms with Crippen LogP contribution in [0.1, 0.15) is 40.5 Å². The molecule has 0 aliphatic carbocycles. The summed E-state index contributed by atoms with van der Waals surface area (Å²) in [5, 5.41) is 10.6. The van der Waals surface area contributed by atoms with Gasteiger partial charge in [-0.3, -0.25) is 14.4 Å². The van der Waals surface area contributed by atoms with Crippen molar-refractivity contribution in [3.63, 3.8) is 0 Å². The van der Waals surface area contributed by atoms with Crippen LogP contribution in [0.25, 0.3) is 0 Å². The highest BCUT2D eigenvalue weighted by atomic mass is 79.9. The topological polar surface area (TPSA) is 108 Å². The van der Waals surface area contributed by atoms with Gasteiger partial charge in [-0.05, 0) is 20.8 Å². The molecule has 0 aromatic rings. The molecule has 9 heteroatoms. The van der Waals surface area contributed by atoms with Gasteiger partial charge in [0.2, 0.25) is 0 Å². The summed E-state index contributed by atoms with van der Waals surface area (Å²) in [6, 6.07) is 0. The lowest BCUT2D eigenvalue weighted by Crippen LogP contribution is -2.69. The number of hydrogen-bond acceptors (Lipinski definition) is 7. The van der Waals surface area contributed by atoms with Crippen LogP contribution in [0.3, 0.4) is 0 Å². The van der Waals surface area contributed by atoms with Gasteiger partial charge in [0.1, 0.15) is 33.5 Å². The van der Waals surface area contributed by atoms with E-state index in [0.29, 0.717) is 6.42 Å². The van der Waals surface area contributed by atoms with Crippen LogP contribution in [-0.2, 0) is 33.3 Å². The molecule has 1 spiro atoms. The lowest BCUT2D eigenvalue weighted by atomic mass is 9.45. The SMILES string of the molecule is C[C@H]1C(OC(=O)CBr)CC2OC1(C)C1(C(=O)O)C3CC4(C)OC(=O)C21C4(C)O3. The number of hydrogen-bond donors (Lipinski definition) is 1. The number of carbonyl (C=O) groups excluding carboxylic acids is 2. The Morgan fingerprint density at radius 2 is 1.93 bits per heavy atom. The minimum atomic E-state index is -1.61. The van der Waals surface area contributed by atoms with Crippen LogP contribution in [0.5, 0.6) is 0 Å². The third-order valence-electron chi connectivity index (χ3n) is 8.71. The van der Waals surface area contributed by atoms with Gasteiger partial charge < -0.3 is 24.1 Å². The first-order valence-corrected chi connectivity index (χ1v) is 10.7. The van der Waals surface area contributed by atoms with E-state index in [-0.39, 0.29) is 11.8 Å². The number of aliphatic carboxylic acids is 1. The second-order valence-electron chi connectivity index (χ2n) is 9.29. The number of alkyl halides is 1. The Bertz CT molecular complexity index is 831. The summed E-state index contributed by atoms with van der Waals surface area (Å²) in [6.45, 7) is 7.12. The van der Waals surface area contributed by atoms with Crippen LogP contribution in [-0.4, -0.2) is 63.5 Å². The molecule has 8 unspecified atom stereocenters. The Labute approximate surface area is 170 Å². The summed E-state index contributed by atoms with van der Waals surface area (Å²) < 4.78 is 24.1. The van der Waals surface area contributed by atoms with Crippen LogP contribution < -0.4 is 0 Å². The van der Waals surface area contributed by atoms with Gasteiger partial charge in [-0.25, -0.2) is 0 Å². The summed E-state index contributed by atoms with van der Waals surface area (Å²) in [5.74, 6) is -2.58. The number of rotatable bonds is 3. The van der Waals surface area contributed by atoms with Crippen molar-refractivity contribution in [3.8, 4) is 0 Å². The molecule has 0 amide bonds. The molecule has 5 saturated heterocycles. The standard InChI is InChI=1S/C19H23BrO8/c1-8-9(25-12(21)7-20)5-10-19-14(24)28-15(2)6-11(27-17(15,19)4)18(19,13(22)23)16(8,3)26-10/h8-11H,5-7H2,1-4H3,(H,22,23)/t8-,9?,10?,11?,15?,16?,17?,18?,19?/m0/s1. The van der Waals surface area contributed by atoms with Crippen molar-refractivity contribution in [2.45, 2.75) is 75.7 Å². The van der Waals surface area contributed by atoms with Crippen molar-refractivity contribution < 1.29 is 38.4 Å². The van der Waals surface area contributed by atoms with Gasteiger partial charge in [-0.15, -0.1) is 0 Å². The first-order chi connectivity index (χ1) is 13.0. The molecule has 5 aliphatic rings. The van der Waals surface area contributed by atoms with Gasteiger partial charge in [0.05, 0.1) is 17.8 Å². The molecule has 8 nitrogen and oxygen atoms in total. The lowest BCUT2D eigenvalue weighted by Gasteiger charge is -2.49. The Morgan fingerprint density at radius 3 is 2.54 bits per heavy atom. The van der Waals surface area contributed by atoms with Gasteiger partial charge >= 0.3 is 17.9 Å². The molecule has 4 bridgehead atoms. The highest BCUT2D eigenvalue weighted by molar-refractivity contribution is 9.09. The van der Waals surface area contributed by atoms with Gasteiger partial charge in [0.15, 0.2) is 0 Å². The van der Waals surface area contributed by atoms with Crippen LogP contribution >= 0.6 is 15.9 Å². The average molecular weight is 459 g/mol. The molecular formula is C19H23BrO8. The highest BCUT2D eigenvalue weighted by Crippen LogP contribution is 2.83. The number of carbonyl (C=O) groups is 3. The Balaban J connectivity index is 1.76. The summed E-state index contributed by atoms with van der Waals surface area (Å²) >= 11 is 3.09. The van der Waals surface area contributed by atoms with E-state index < -0.39 is 69.8 Å². The monoisotopic (exact) mass is 458 g/mol. The van der Waals surface area contributed by atoms with Crippen molar-refractivity contribution in [1.29, 1.82) is 0 Å². The van der Waals surface area contributed by atoms with E-state index >= 15 is 0 Å². The Morgan fingerprint density at radius 1 is 1.25 bits per heavy atom. The fourth-order valence-electron chi connectivity index (χ4n) is 7.37. The van der Waals surface area contributed by atoms with E-state index in [2.05, 4.69) is 15.9 Å². The molecule has 1 N–H and O–H groups in total. The van der Waals surface area contributed by atoms with Crippen molar-refractivity contribution in [1.82, 2.24) is 0 Å². The zero-order chi connectivity index (χ0) is 20.5. The van der Waals surface area contributed by atoms with Crippen molar-refractivity contribution >= 4 is 33.8 Å². The van der Waals surface area contributed by atoms with Crippen LogP contribution in [0, 0.1) is 16.7 Å². The fourth-order valence-corrected chi connectivity index (χ4v) is 7.50. The maximum Gasteiger partial charge on any atom is 0.319 e. The molecule has 28 heavy (non-hydrogen) atoms. The number of ether oxygens (including phenoxy) is 4. The van der Waals surface area contributed by atoms with Gasteiger partial charge in [0.25, 0.3) is 0 Å². The Kier molecular flexibility index (Phi) is 3.31. The molecule has 5 rings (SSSR count). The average Bonchev–Trinajstić information content (AvgIpc) is 3.12. The molecule has 0 saturated carbocycles. The number of halogens is 1. The number of carboxylic acid groups (broad SMARTS) is 1. The molecular weight excluding hydrogens is 436 g/mol. The third kappa shape index (κ3) is 1.44. The quantitative estimate of drug-likeness (QED) is 0.499. The molecule has 0 radical (unpaired) electrons. The van der Waals surface area contributed by atoms with Crippen molar-refractivity contribution in [3.05, 3.63) is 0 Å². The highest BCUT2D eigenvalue weighted by Gasteiger charge is 3.00. The minimum Gasteiger partial charge on any atom is -0.481 e. The van der Waals surface area contributed by atoms with Crippen LogP contribution in [0.4, 0.5) is 0 Å². The first kappa shape index (κ1) is 18.8. The zero-order valence-corrected chi connectivity index (χ0v) is 17.7. The molecule has 5 heterocycles. The summed E-state index contributed by atoms with van der Waals surface area (Å²) in [7, 11) is 0. The second-order valence-corrected chi connectivity index (χ2v) is 9.85. The second kappa shape index (κ2) is 4.92. The van der Waals surface area contributed by atoms with Gasteiger partial charge in [-0.1, -0.05) is 22.9 Å².